The van der Waals surface area contributed by atoms with E-state index >= 15 is 0 Å². The summed E-state index contributed by atoms with van der Waals surface area (Å²) >= 11 is 0. The summed E-state index contributed by atoms with van der Waals surface area (Å²) in [5, 5.41) is 10.8. The fourth-order valence-electron chi connectivity index (χ4n) is 5.06. The van der Waals surface area contributed by atoms with E-state index in [1.807, 2.05) is 30.3 Å². The highest BCUT2D eigenvalue weighted by atomic mass is 16.5. The smallest absolute Gasteiger partial charge is 0.338 e. The Morgan fingerprint density at radius 3 is 1.29 bits per heavy atom. The molecule has 0 atom stereocenters. The number of nitrogens with one attached hydrogen (secondary N) is 4. The number of nitrogens with zero attached hydrogens (tertiary/aromatic N) is 1. The average molecular weight is 742 g/mol. The third-order valence-electron chi connectivity index (χ3n) is 7.72. The molecule has 0 fully saturated rings. The number of rotatable bonds is 11. The molecule has 13 nitrogen and oxygen atoms in total. The Kier molecular flexibility index (Phi) is 13.8. The lowest BCUT2D eigenvalue weighted by molar-refractivity contribution is 0.0517. The topological polar surface area (TPSA) is 174 Å². The highest BCUT2D eigenvalue weighted by Gasteiger charge is 2.12. The van der Waals surface area contributed by atoms with E-state index in [-0.39, 0.29) is 17.8 Å². The first-order chi connectivity index (χ1) is 26.7. The molecule has 4 amide bonds. The second-order valence-corrected chi connectivity index (χ2v) is 11.6. The number of ketones is 1. The van der Waals surface area contributed by atoms with E-state index in [2.05, 4.69) is 26.3 Å². The zero-order chi connectivity index (χ0) is 39.0. The van der Waals surface area contributed by atoms with Gasteiger partial charge in [-0.1, -0.05) is 30.3 Å². The van der Waals surface area contributed by atoms with E-state index < -0.39 is 12.0 Å². The molecule has 0 aromatic heterocycles. The first-order valence-electron chi connectivity index (χ1n) is 17.4. The number of esters is 2. The van der Waals surface area contributed by atoms with Gasteiger partial charge in [-0.2, -0.15) is 0 Å². The van der Waals surface area contributed by atoms with E-state index in [9.17, 15) is 24.0 Å². The summed E-state index contributed by atoms with van der Waals surface area (Å²) in [7, 11) is 0. The maximum absolute atomic E-state index is 12.4. The Hall–Kier alpha value is -7.28. The zero-order valence-corrected chi connectivity index (χ0v) is 30.2. The Morgan fingerprint density at radius 2 is 0.909 bits per heavy atom. The molecule has 55 heavy (non-hydrogen) atoms. The summed E-state index contributed by atoms with van der Waals surface area (Å²) in [6.07, 6.45) is 0. The molecule has 4 N–H and O–H groups in total. The molecule has 6 rings (SSSR count). The molecule has 1 heterocycles. The van der Waals surface area contributed by atoms with Gasteiger partial charge < -0.3 is 35.5 Å². The molecule has 0 saturated carbocycles. The monoisotopic (exact) mass is 741 g/mol. The van der Waals surface area contributed by atoms with Crippen molar-refractivity contribution >= 4 is 58.4 Å². The van der Waals surface area contributed by atoms with Crippen LogP contribution < -0.4 is 21.3 Å². The number of hydrogen-bond donors (Lipinski definition) is 4. The van der Waals surface area contributed by atoms with Crippen LogP contribution in [0.1, 0.15) is 56.0 Å². The number of aliphatic imine (C=N–C) groups is 1. The molecule has 0 saturated heterocycles. The van der Waals surface area contributed by atoms with Crippen LogP contribution >= 0.6 is 0 Å². The van der Waals surface area contributed by atoms with Gasteiger partial charge in [0.05, 0.1) is 30.9 Å². The van der Waals surface area contributed by atoms with Crippen LogP contribution in [-0.4, -0.2) is 62.0 Å². The Bertz CT molecular complexity index is 2120. The number of ether oxygens (including phenoxy) is 3. The van der Waals surface area contributed by atoms with Gasteiger partial charge >= 0.3 is 24.0 Å². The second-order valence-electron chi connectivity index (χ2n) is 11.6. The SMILES string of the molecule is CCOC(=O)c1ccc(NC(=O)Nc2ccc(C(=O)c3ccccc3)cc2)cc1.CCOC(=O)c1ccc(NC(=O)Nc2ccc(C3=NCCO3)cc2)cc1. The Morgan fingerprint density at radius 1 is 0.527 bits per heavy atom. The van der Waals surface area contributed by atoms with Crippen molar-refractivity contribution in [2.75, 3.05) is 47.6 Å². The molecule has 0 radical (unpaired) electrons. The normalized spacial score (nSPS) is 11.3. The highest BCUT2D eigenvalue weighted by molar-refractivity contribution is 6.09. The summed E-state index contributed by atoms with van der Waals surface area (Å²) in [5.41, 5.74) is 5.18. The predicted molar refractivity (Wildman–Crippen MR) is 210 cm³/mol. The lowest BCUT2D eigenvalue weighted by Gasteiger charge is -2.09. The van der Waals surface area contributed by atoms with Crippen molar-refractivity contribution in [3.63, 3.8) is 0 Å². The number of carbonyl (C=O) groups excluding carboxylic acids is 5. The largest absolute Gasteiger partial charge is 0.476 e. The van der Waals surface area contributed by atoms with Crippen LogP contribution in [0.4, 0.5) is 32.3 Å². The lowest BCUT2D eigenvalue weighted by Crippen LogP contribution is -2.19. The van der Waals surface area contributed by atoms with Crippen LogP contribution in [0.25, 0.3) is 0 Å². The van der Waals surface area contributed by atoms with Crippen LogP contribution in [0.5, 0.6) is 0 Å². The quantitative estimate of drug-likeness (QED) is 0.0778. The molecule has 1 aliphatic heterocycles. The molecule has 0 unspecified atom stereocenters. The Labute approximate surface area is 317 Å². The lowest BCUT2D eigenvalue weighted by atomic mass is 10.0. The Balaban J connectivity index is 0.000000212. The van der Waals surface area contributed by atoms with Crippen LogP contribution in [0.2, 0.25) is 0 Å². The summed E-state index contributed by atoms with van der Waals surface area (Å²) in [6.45, 7) is 5.39. The standard InChI is InChI=1S/C23H20N2O4.C19H19N3O4/c1-2-29-22(27)18-10-14-20(15-11-18)25-23(28)24-19-12-8-17(9-13-19)21(26)16-6-4-3-5-7-16;1-2-25-18(23)14-5-9-16(10-6-14)22-19(24)21-15-7-3-13(4-8-15)17-20-11-12-26-17/h3-15H,2H2,1H3,(H2,24,25,28);3-10H,2,11-12H2,1H3,(H2,21,22,24). The van der Waals surface area contributed by atoms with Crippen LogP contribution in [-0.2, 0) is 14.2 Å². The maximum Gasteiger partial charge on any atom is 0.338 e. The predicted octanol–water partition coefficient (Wildman–Crippen LogP) is 8.02. The molecule has 0 bridgehead atoms. The minimum atomic E-state index is -0.434. The van der Waals surface area contributed by atoms with Crippen molar-refractivity contribution in [3.8, 4) is 0 Å². The van der Waals surface area contributed by atoms with Crippen molar-refractivity contribution in [2.24, 2.45) is 4.99 Å². The van der Waals surface area contributed by atoms with Crippen molar-refractivity contribution in [3.05, 3.63) is 155 Å². The second kappa shape index (κ2) is 19.5. The molecular formula is C42H39N5O8. The average Bonchev–Trinajstić information content (AvgIpc) is 3.75. The van der Waals surface area contributed by atoms with Gasteiger partial charge in [0, 0.05) is 39.4 Å². The van der Waals surface area contributed by atoms with Gasteiger partial charge in [0.15, 0.2) is 5.78 Å². The van der Waals surface area contributed by atoms with E-state index in [4.69, 9.17) is 14.2 Å². The molecular weight excluding hydrogens is 702 g/mol. The van der Waals surface area contributed by atoms with Crippen molar-refractivity contribution in [2.45, 2.75) is 13.8 Å². The molecule has 1 aliphatic rings. The van der Waals surface area contributed by atoms with Crippen LogP contribution in [0.15, 0.2) is 132 Å². The summed E-state index contributed by atoms with van der Waals surface area (Å²) in [6, 6.07) is 35.0. The minimum Gasteiger partial charge on any atom is -0.476 e. The first-order valence-corrected chi connectivity index (χ1v) is 17.4. The van der Waals surface area contributed by atoms with Crippen molar-refractivity contribution in [1.82, 2.24) is 0 Å². The van der Waals surface area contributed by atoms with Gasteiger partial charge in [-0.25, -0.2) is 24.2 Å². The zero-order valence-electron chi connectivity index (χ0n) is 30.2. The number of benzene rings is 5. The molecule has 280 valence electrons. The number of amides is 4. The van der Waals surface area contributed by atoms with Gasteiger partial charge in [-0.15, -0.1) is 0 Å². The van der Waals surface area contributed by atoms with Gasteiger partial charge in [0.2, 0.25) is 5.90 Å². The van der Waals surface area contributed by atoms with Gasteiger partial charge in [-0.05, 0) is 111 Å². The summed E-state index contributed by atoms with van der Waals surface area (Å²) in [5.74, 6) is -0.251. The number of carbonyl (C=O) groups is 5. The van der Waals surface area contributed by atoms with Gasteiger partial charge in [0.25, 0.3) is 0 Å². The minimum absolute atomic E-state index is 0.0803. The van der Waals surface area contributed by atoms with E-state index in [1.54, 1.807) is 111 Å². The maximum atomic E-state index is 12.4. The van der Waals surface area contributed by atoms with Crippen molar-refractivity contribution in [1.29, 1.82) is 0 Å². The third kappa shape index (κ3) is 11.6. The molecule has 0 aliphatic carbocycles. The molecule has 5 aromatic carbocycles. The third-order valence-corrected chi connectivity index (χ3v) is 7.72. The molecule has 13 heteroatoms. The van der Waals surface area contributed by atoms with E-state index in [0.29, 0.717) is 77.3 Å². The van der Waals surface area contributed by atoms with Crippen molar-refractivity contribution < 1.29 is 38.2 Å². The summed E-state index contributed by atoms with van der Waals surface area (Å²) in [4.78, 5) is 64.1. The fourth-order valence-corrected chi connectivity index (χ4v) is 5.06. The molecule has 0 spiro atoms. The fraction of sp³-hybridized carbons (Fsp3) is 0.143. The number of hydrogen-bond acceptors (Lipinski definition) is 9. The van der Waals surface area contributed by atoms with Crippen LogP contribution in [0, 0.1) is 0 Å². The van der Waals surface area contributed by atoms with Gasteiger partial charge in [0.1, 0.15) is 6.61 Å². The molecule has 5 aromatic rings. The number of anilines is 4. The first kappa shape index (κ1) is 38.9. The van der Waals surface area contributed by atoms with Crippen LogP contribution in [0.3, 0.4) is 0 Å². The van der Waals surface area contributed by atoms with Gasteiger partial charge in [-0.3, -0.25) is 4.79 Å². The summed E-state index contributed by atoms with van der Waals surface area (Å²) < 4.78 is 15.2. The van der Waals surface area contributed by atoms with E-state index in [0.717, 1.165) is 5.56 Å². The van der Waals surface area contributed by atoms with E-state index in [1.165, 1.54) is 0 Å². The highest BCUT2D eigenvalue weighted by Crippen LogP contribution is 2.17. The number of urea groups is 2.